The number of ether oxygens (including phenoxy) is 1. The molecule has 0 bridgehead atoms. The Bertz CT molecular complexity index is 383. The summed E-state index contributed by atoms with van der Waals surface area (Å²) in [4.78, 5) is 0. The van der Waals surface area contributed by atoms with Crippen molar-refractivity contribution in [3.8, 4) is 0 Å². The molecule has 18 heavy (non-hydrogen) atoms. The summed E-state index contributed by atoms with van der Waals surface area (Å²) >= 11 is 0. The van der Waals surface area contributed by atoms with Crippen molar-refractivity contribution in [1.29, 1.82) is 0 Å². The Balaban J connectivity index is 1.82. The Morgan fingerprint density at radius 1 is 1.22 bits per heavy atom. The molecule has 4 heteroatoms. The molecular formula is C14H20O3S. The quantitative estimate of drug-likeness (QED) is 0.888. The molecule has 1 fully saturated rings. The van der Waals surface area contributed by atoms with Crippen molar-refractivity contribution in [2.75, 3.05) is 12.4 Å². The summed E-state index contributed by atoms with van der Waals surface area (Å²) in [6, 6.07) is 7.63. The molecule has 2 atom stereocenters. The second-order valence-corrected chi connectivity index (χ2v) is 6.22. The summed E-state index contributed by atoms with van der Waals surface area (Å²) < 4.78 is 17.6. The largest absolute Gasteiger partial charge is 0.392 e. The highest BCUT2D eigenvalue weighted by Gasteiger charge is 2.16. The van der Waals surface area contributed by atoms with Gasteiger partial charge in [0.25, 0.3) is 0 Å². The second kappa shape index (κ2) is 7.02. The lowest BCUT2D eigenvalue weighted by Gasteiger charge is -2.21. The van der Waals surface area contributed by atoms with Gasteiger partial charge in [0, 0.05) is 23.2 Å². The number of aliphatic hydroxyl groups is 1. The molecule has 0 aromatic heterocycles. The molecule has 0 spiro atoms. The minimum atomic E-state index is -0.865. The van der Waals surface area contributed by atoms with E-state index in [-0.39, 0.29) is 12.7 Å². The van der Waals surface area contributed by atoms with Crippen LogP contribution in [0.15, 0.2) is 24.3 Å². The van der Waals surface area contributed by atoms with Crippen molar-refractivity contribution in [2.24, 2.45) is 0 Å². The van der Waals surface area contributed by atoms with Gasteiger partial charge in [-0.3, -0.25) is 4.21 Å². The third kappa shape index (κ3) is 4.19. The second-order valence-electron chi connectivity index (χ2n) is 4.71. The summed E-state index contributed by atoms with van der Waals surface area (Å²) in [5.41, 5.74) is 1.95. The van der Waals surface area contributed by atoms with E-state index in [2.05, 4.69) is 0 Å². The summed E-state index contributed by atoms with van der Waals surface area (Å²) in [7, 11) is -0.865. The van der Waals surface area contributed by atoms with Gasteiger partial charge in [-0.1, -0.05) is 24.3 Å². The standard InChI is InChI=1S/C14H20O3S/c15-9-12-4-6-13(7-5-12)10-18(16)11-14-3-1-2-8-17-14/h4-7,14-15H,1-3,8-11H2. The fourth-order valence-corrected chi connectivity index (χ4v) is 3.49. The Kier molecular flexibility index (Phi) is 5.35. The van der Waals surface area contributed by atoms with E-state index in [1.165, 1.54) is 6.42 Å². The molecule has 0 amide bonds. The zero-order valence-electron chi connectivity index (χ0n) is 10.5. The minimum absolute atomic E-state index is 0.0548. The molecule has 2 unspecified atom stereocenters. The van der Waals surface area contributed by atoms with Crippen LogP contribution in [0.2, 0.25) is 0 Å². The zero-order valence-corrected chi connectivity index (χ0v) is 11.3. The van der Waals surface area contributed by atoms with Gasteiger partial charge in [0.2, 0.25) is 0 Å². The number of rotatable bonds is 5. The summed E-state index contributed by atoms with van der Waals surface area (Å²) in [6.07, 6.45) is 3.53. The van der Waals surface area contributed by atoms with Crippen molar-refractivity contribution < 1.29 is 14.1 Å². The van der Waals surface area contributed by atoms with E-state index in [0.29, 0.717) is 11.5 Å². The molecule has 1 aliphatic heterocycles. The maximum atomic E-state index is 12.0. The predicted molar refractivity (Wildman–Crippen MR) is 72.7 cm³/mol. The predicted octanol–water partition coefficient (Wildman–Crippen LogP) is 2.00. The normalized spacial score (nSPS) is 21.7. The van der Waals surface area contributed by atoms with Crippen LogP contribution in [0.5, 0.6) is 0 Å². The molecule has 0 saturated carbocycles. The van der Waals surface area contributed by atoms with Crippen LogP contribution in [0.1, 0.15) is 30.4 Å². The minimum Gasteiger partial charge on any atom is -0.392 e. The number of hydrogen-bond donors (Lipinski definition) is 1. The molecule has 1 aromatic carbocycles. The lowest BCUT2D eigenvalue weighted by molar-refractivity contribution is 0.0310. The van der Waals surface area contributed by atoms with E-state index in [1.807, 2.05) is 24.3 Å². The van der Waals surface area contributed by atoms with Crippen LogP contribution in [-0.4, -0.2) is 27.8 Å². The molecule has 100 valence electrons. The van der Waals surface area contributed by atoms with E-state index < -0.39 is 10.8 Å². The number of benzene rings is 1. The zero-order chi connectivity index (χ0) is 12.8. The van der Waals surface area contributed by atoms with Crippen molar-refractivity contribution in [3.05, 3.63) is 35.4 Å². The lowest BCUT2D eigenvalue weighted by atomic mass is 10.1. The van der Waals surface area contributed by atoms with E-state index >= 15 is 0 Å². The van der Waals surface area contributed by atoms with E-state index in [0.717, 1.165) is 30.6 Å². The molecule has 2 rings (SSSR count). The highest BCUT2D eigenvalue weighted by atomic mass is 32.2. The Hall–Kier alpha value is -0.710. The molecule has 1 aliphatic rings. The van der Waals surface area contributed by atoms with E-state index in [4.69, 9.17) is 9.84 Å². The van der Waals surface area contributed by atoms with Gasteiger partial charge >= 0.3 is 0 Å². The van der Waals surface area contributed by atoms with Crippen molar-refractivity contribution >= 4 is 10.8 Å². The highest BCUT2D eigenvalue weighted by molar-refractivity contribution is 7.84. The molecule has 0 aliphatic carbocycles. The molecule has 1 N–H and O–H groups in total. The first-order valence-corrected chi connectivity index (χ1v) is 7.92. The monoisotopic (exact) mass is 268 g/mol. The van der Waals surface area contributed by atoms with Gasteiger partial charge in [0.05, 0.1) is 18.5 Å². The van der Waals surface area contributed by atoms with Gasteiger partial charge in [-0.25, -0.2) is 0 Å². The third-order valence-corrected chi connectivity index (χ3v) is 4.58. The Labute approximate surface area is 111 Å². The average molecular weight is 268 g/mol. The van der Waals surface area contributed by atoms with Crippen molar-refractivity contribution in [3.63, 3.8) is 0 Å². The van der Waals surface area contributed by atoms with Crippen LogP contribution < -0.4 is 0 Å². The molecule has 1 saturated heterocycles. The van der Waals surface area contributed by atoms with Crippen LogP contribution in [0, 0.1) is 0 Å². The van der Waals surface area contributed by atoms with Gasteiger partial charge < -0.3 is 9.84 Å². The SMILES string of the molecule is O=S(Cc1ccc(CO)cc1)CC1CCCCO1. The van der Waals surface area contributed by atoms with Crippen LogP contribution >= 0.6 is 0 Å². The van der Waals surface area contributed by atoms with Crippen LogP contribution in [0.25, 0.3) is 0 Å². The lowest BCUT2D eigenvalue weighted by Crippen LogP contribution is -2.25. The van der Waals surface area contributed by atoms with E-state index in [1.54, 1.807) is 0 Å². The fraction of sp³-hybridized carbons (Fsp3) is 0.571. The third-order valence-electron chi connectivity index (χ3n) is 3.18. The fourth-order valence-electron chi connectivity index (χ4n) is 2.13. The van der Waals surface area contributed by atoms with Gasteiger partial charge in [-0.15, -0.1) is 0 Å². The van der Waals surface area contributed by atoms with Crippen LogP contribution in [0.4, 0.5) is 0 Å². The maximum Gasteiger partial charge on any atom is 0.0690 e. The van der Waals surface area contributed by atoms with Crippen molar-refractivity contribution in [2.45, 2.75) is 37.7 Å². The van der Waals surface area contributed by atoms with Crippen LogP contribution in [-0.2, 0) is 27.9 Å². The molecule has 0 radical (unpaired) electrons. The smallest absolute Gasteiger partial charge is 0.0690 e. The summed E-state index contributed by atoms with van der Waals surface area (Å²) in [5.74, 6) is 1.22. The Morgan fingerprint density at radius 3 is 2.56 bits per heavy atom. The molecule has 3 nitrogen and oxygen atoms in total. The van der Waals surface area contributed by atoms with Gasteiger partial charge in [0.15, 0.2) is 0 Å². The molecule has 1 heterocycles. The Morgan fingerprint density at radius 2 is 1.94 bits per heavy atom. The first-order valence-electron chi connectivity index (χ1n) is 6.43. The number of aliphatic hydroxyl groups excluding tert-OH is 1. The maximum absolute atomic E-state index is 12.0. The summed E-state index contributed by atoms with van der Waals surface area (Å²) in [5, 5.41) is 8.95. The van der Waals surface area contributed by atoms with Gasteiger partial charge in [0.1, 0.15) is 0 Å². The van der Waals surface area contributed by atoms with E-state index in [9.17, 15) is 4.21 Å². The van der Waals surface area contributed by atoms with Crippen LogP contribution in [0.3, 0.4) is 0 Å². The molecule has 1 aromatic rings. The van der Waals surface area contributed by atoms with Gasteiger partial charge in [-0.2, -0.15) is 0 Å². The first kappa shape index (κ1) is 13.7. The summed E-state index contributed by atoms with van der Waals surface area (Å²) in [6.45, 7) is 0.867. The topological polar surface area (TPSA) is 46.5 Å². The molecular weight excluding hydrogens is 248 g/mol. The first-order chi connectivity index (χ1) is 8.78. The van der Waals surface area contributed by atoms with Crippen molar-refractivity contribution in [1.82, 2.24) is 0 Å². The average Bonchev–Trinajstić information content (AvgIpc) is 2.40. The number of hydrogen-bond acceptors (Lipinski definition) is 3. The van der Waals surface area contributed by atoms with Gasteiger partial charge in [-0.05, 0) is 30.4 Å². The highest BCUT2D eigenvalue weighted by Crippen LogP contribution is 2.15.